The van der Waals surface area contributed by atoms with Crippen molar-refractivity contribution in [3.8, 4) is 17.1 Å². The summed E-state index contributed by atoms with van der Waals surface area (Å²) in [5.74, 6) is 0.745. The summed E-state index contributed by atoms with van der Waals surface area (Å²) >= 11 is 0. The molecule has 0 unspecified atom stereocenters. The number of pyridine rings is 2. The molecular formula is C23H25N7O3. The molecule has 0 radical (unpaired) electrons. The summed E-state index contributed by atoms with van der Waals surface area (Å²) < 4.78 is 12.4. The van der Waals surface area contributed by atoms with Crippen molar-refractivity contribution >= 4 is 16.9 Å². The Morgan fingerprint density at radius 1 is 1.06 bits per heavy atom. The van der Waals surface area contributed by atoms with Crippen LogP contribution in [0.2, 0.25) is 0 Å². The molecule has 1 N–H and O–H groups in total. The smallest absolute Gasteiger partial charge is 0.293 e. The molecule has 0 aliphatic carbocycles. The van der Waals surface area contributed by atoms with Gasteiger partial charge in [-0.3, -0.25) is 19.7 Å². The summed E-state index contributed by atoms with van der Waals surface area (Å²) in [4.78, 5) is 34.9. The minimum Gasteiger partial charge on any atom is -0.481 e. The summed E-state index contributed by atoms with van der Waals surface area (Å²) in [6, 6.07) is 5.49. The number of nitrogens with one attached hydrogen (secondary N) is 1. The molecule has 0 spiro atoms. The quantitative estimate of drug-likeness (QED) is 0.366. The van der Waals surface area contributed by atoms with E-state index < -0.39 is 0 Å². The number of hydrogen-bond acceptors (Lipinski definition) is 9. The van der Waals surface area contributed by atoms with E-state index in [0.717, 1.165) is 12.0 Å². The molecule has 170 valence electrons. The van der Waals surface area contributed by atoms with E-state index in [2.05, 4.69) is 30.2 Å². The molecule has 0 atom stereocenters. The first-order valence-corrected chi connectivity index (χ1v) is 10.7. The minimum atomic E-state index is -0.239. The summed E-state index contributed by atoms with van der Waals surface area (Å²) in [6.45, 7) is 3.82. The Kier molecular flexibility index (Phi) is 7.16. The largest absolute Gasteiger partial charge is 0.481 e. The third-order valence-corrected chi connectivity index (χ3v) is 4.94. The van der Waals surface area contributed by atoms with Crippen LogP contribution in [-0.4, -0.2) is 49.8 Å². The maximum Gasteiger partial charge on any atom is 0.293 e. The van der Waals surface area contributed by atoms with Crippen molar-refractivity contribution in [1.29, 1.82) is 0 Å². The Balaban J connectivity index is 1.71. The van der Waals surface area contributed by atoms with Crippen LogP contribution < -0.4 is 15.6 Å². The topological polar surface area (TPSA) is 117 Å². The molecule has 10 nitrogen and oxygen atoms in total. The third kappa shape index (κ3) is 5.29. The first-order valence-electron chi connectivity index (χ1n) is 10.7. The molecule has 0 aliphatic heterocycles. The molecule has 0 fully saturated rings. The van der Waals surface area contributed by atoms with E-state index in [0.29, 0.717) is 54.6 Å². The second kappa shape index (κ2) is 10.6. The number of anilines is 1. The molecule has 0 bridgehead atoms. The van der Waals surface area contributed by atoms with E-state index in [4.69, 9.17) is 9.47 Å². The number of rotatable bonds is 10. The van der Waals surface area contributed by atoms with Crippen molar-refractivity contribution in [1.82, 2.24) is 29.5 Å². The third-order valence-electron chi connectivity index (χ3n) is 4.94. The Morgan fingerprint density at radius 3 is 2.70 bits per heavy atom. The van der Waals surface area contributed by atoms with Gasteiger partial charge in [-0.1, -0.05) is 6.92 Å². The van der Waals surface area contributed by atoms with Crippen LogP contribution in [0.1, 0.15) is 19.0 Å². The van der Waals surface area contributed by atoms with Crippen LogP contribution in [0.25, 0.3) is 22.3 Å². The number of hydrogen-bond donors (Lipinski definition) is 1. The summed E-state index contributed by atoms with van der Waals surface area (Å²) in [5, 5.41) is 3.08. The number of ether oxygens (including phenoxy) is 2. The Morgan fingerprint density at radius 2 is 1.97 bits per heavy atom. The summed E-state index contributed by atoms with van der Waals surface area (Å²) in [5.41, 5.74) is 3.22. The van der Waals surface area contributed by atoms with Crippen LogP contribution in [0, 0.1) is 0 Å². The summed E-state index contributed by atoms with van der Waals surface area (Å²) in [7, 11) is 1.57. The van der Waals surface area contributed by atoms with Gasteiger partial charge < -0.3 is 19.4 Å². The zero-order valence-electron chi connectivity index (χ0n) is 18.6. The van der Waals surface area contributed by atoms with E-state index in [9.17, 15) is 4.79 Å². The van der Waals surface area contributed by atoms with Crippen LogP contribution in [0.15, 0.2) is 54.0 Å². The van der Waals surface area contributed by atoms with Crippen LogP contribution in [0.4, 0.5) is 5.82 Å². The lowest BCUT2D eigenvalue weighted by Gasteiger charge is -2.14. The van der Waals surface area contributed by atoms with Gasteiger partial charge in [-0.15, -0.1) is 0 Å². The van der Waals surface area contributed by atoms with Gasteiger partial charge in [0, 0.05) is 43.4 Å². The first-order chi connectivity index (χ1) is 16.2. The highest BCUT2D eigenvalue weighted by molar-refractivity contribution is 5.80. The van der Waals surface area contributed by atoms with Gasteiger partial charge in [0.05, 0.1) is 49.6 Å². The lowest BCUT2D eigenvalue weighted by atomic mass is 10.2. The van der Waals surface area contributed by atoms with Crippen molar-refractivity contribution in [3.05, 3.63) is 65.2 Å². The van der Waals surface area contributed by atoms with E-state index in [1.807, 2.05) is 19.1 Å². The first kappa shape index (κ1) is 22.3. The summed E-state index contributed by atoms with van der Waals surface area (Å²) in [6.07, 6.45) is 9.10. The number of aromatic nitrogens is 6. The fourth-order valence-corrected chi connectivity index (χ4v) is 3.29. The van der Waals surface area contributed by atoms with Crippen molar-refractivity contribution in [3.63, 3.8) is 0 Å². The van der Waals surface area contributed by atoms with Crippen LogP contribution in [0.3, 0.4) is 0 Å². The van der Waals surface area contributed by atoms with Crippen molar-refractivity contribution in [2.24, 2.45) is 0 Å². The van der Waals surface area contributed by atoms with Gasteiger partial charge in [-0.2, -0.15) is 0 Å². The van der Waals surface area contributed by atoms with Gasteiger partial charge >= 0.3 is 0 Å². The monoisotopic (exact) mass is 447 g/mol. The molecule has 4 heterocycles. The molecular weight excluding hydrogens is 422 g/mol. The van der Waals surface area contributed by atoms with E-state index >= 15 is 0 Å². The lowest BCUT2D eigenvalue weighted by molar-refractivity contribution is 0.127. The number of fused-ring (bicyclic) bond motifs is 1. The number of nitrogens with zero attached hydrogens (tertiary/aromatic N) is 6. The van der Waals surface area contributed by atoms with Gasteiger partial charge in [0.15, 0.2) is 5.82 Å². The van der Waals surface area contributed by atoms with Gasteiger partial charge in [0.25, 0.3) is 5.56 Å². The average molecular weight is 447 g/mol. The molecule has 4 rings (SSSR count). The Bertz CT molecular complexity index is 1260. The molecule has 33 heavy (non-hydrogen) atoms. The fourth-order valence-electron chi connectivity index (χ4n) is 3.29. The van der Waals surface area contributed by atoms with Gasteiger partial charge in [-0.05, 0) is 18.6 Å². The molecule has 0 saturated carbocycles. The second-order valence-corrected chi connectivity index (χ2v) is 7.23. The van der Waals surface area contributed by atoms with Gasteiger partial charge in [0.2, 0.25) is 5.88 Å². The Labute approximate surface area is 190 Å². The molecule has 0 amide bonds. The highest BCUT2D eigenvalue weighted by Crippen LogP contribution is 2.22. The van der Waals surface area contributed by atoms with Gasteiger partial charge in [-0.25, -0.2) is 9.97 Å². The zero-order valence-corrected chi connectivity index (χ0v) is 18.6. The highest BCUT2D eigenvalue weighted by atomic mass is 16.5. The second-order valence-electron chi connectivity index (χ2n) is 7.23. The minimum absolute atomic E-state index is 0.226. The molecule has 0 aromatic carbocycles. The Hall–Kier alpha value is -3.92. The molecule has 4 aromatic rings. The maximum absolute atomic E-state index is 13.3. The SMILES string of the molecule is CCCOCCn1c(=O)c(NCc2cnccn2)nc2cnc(-c3ccc(OC)nc3)cc21. The predicted molar refractivity (Wildman–Crippen MR) is 124 cm³/mol. The lowest BCUT2D eigenvalue weighted by Crippen LogP contribution is -2.27. The molecule has 0 aliphatic rings. The van der Waals surface area contributed by atoms with Crippen molar-refractivity contribution in [2.75, 3.05) is 25.6 Å². The zero-order chi connectivity index (χ0) is 23.0. The standard InChI is InChI=1S/C23H25N7O3/c1-3-9-33-10-8-30-20-11-18(16-4-5-21(32-2)27-12-16)26-15-19(20)29-22(23(30)31)28-14-17-13-24-6-7-25-17/h4-7,11-13,15H,3,8-10,14H2,1-2H3,(H,28,29). The van der Waals surface area contributed by atoms with E-state index in [-0.39, 0.29) is 11.4 Å². The highest BCUT2D eigenvalue weighted by Gasteiger charge is 2.13. The molecule has 10 heteroatoms. The molecule has 4 aromatic heterocycles. The van der Waals surface area contributed by atoms with E-state index in [1.165, 1.54) is 0 Å². The van der Waals surface area contributed by atoms with Crippen molar-refractivity contribution in [2.45, 2.75) is 26.4 Å². The van der Waals surface area contributed by atoms with Crippen molar-refractivity contribution < 1.29 is 9.47 Å². The van der Waals surface area contributed by atoms with Gasteiger partial charge in [0.1, 0.15) is 5.52 Å². The van der Waals surface area contributed by atoms with Crippen LogP contribution >= 0.6 is 0 Å². The predicted octanol–water partition coefficient (Wildman–Crippen LogP) is 2.69. The van der Waals surface area contributed by atoms with Crippen LogP contribution in [-0.2, 0) is 17.8 Å². The average Bonchev–Trinajstić information content (AvgIpc) is 2.87. The number of methoxy groups -OCH3 is 1. The maximum atomic E-state index is 13.3. The van der Waals surface area contributed by atoms with Crippen LogP contribution in [0.5, 0.6) is 5.88 Å². The van der Waals surface area contributed by atoms with E-state index in [1.54, 1.807) is 48.7 Å². The molecule has 0 saturated heterocycles. The fraction of sp³-hybridized carbons (Fsp3) is 0.304. The normalized spacial score (nSPS) is 11.0.